The molecule has 3 rings (SSSR count). The highest BCUT2D eigenvalue weighted by atomic mass is 16.6. The molecule has 0 aromatic carbocycles. The molecule has 2 amide bonds. The molecule has 29 heavy (non-hydrogen) atoms. The van der Waals surface area contributed by atoms with Gasteiger partial charge in [-0.25, -0.2) is 4.79 Å². The number of nitrogens with zero attached hydrogens (tertiary/aromatic N) is 5. The fraction of sp³-hybridized carbons (Fsp3) is 0.650. The summed E-state index contributed by atoms with van der Waals surface area (Å²) in [6.45, 7) is 6.26. The lowest BCUT2D eigenvalue weighted by atomic mass is 10.0. The highest BCUT2D eigenvalue weighted by Crippen LogP contribution is 2.37. The number of aromatic nitrogens is 2. The van der Waals surface area contributed by atoms with Crippen molar-refractivity contribution in [2.75, 3.05) is 13.1 Å². The van der Waals surface area contributed by atoms with Gasteiger partial charge < -0.3 is 15.0 Å². The number of hydrogen-bond acceptors (Lipinski definition) is 6. The molecule has 1 fully saturated rings. The molecule has 9 nitrogen and oxygen atoms in total. The third-order valence-corrected chi connectivity index (χ3v) is 4.96. The second-order valence-corrected chi connectivity index (χ2v) is 8.50. The van der Waals surface area contributed by atoms with E-state index in [0.717, 1.165) is 0 Å². The summed E-state index contributed by atoms with van der Waals surface area (Å²) >= 11 is 0. The maximum absolute atomic E-state index is 12.6. The lowest BCUT2D eigenvalue weighted by Crippen LogP contribution is -2.42. The van der Waals surface area contributed by atoms with Crippen molar-refractivity contribution in [1.82, 2.24) is 20.0 Å². The average molecular weight is 400 g/mol. The lowest BCUT2D eigenvalue weighted by molar-refractivity contribution is -0.122. The van der Waals surface area contributed by atoms with E-state index in [9.17, 15) is 9.59 Å². The number of carbonyl (C=O) groups is 2. The van der Waals surface area contributed by atoms with Gasteiger partial charge in [0.25, 0.3) is 0 Å². The van der Waals surface area contributed by atoms with Crippen molar-refractivity contribution in [2.45, 2.75) is 69.8 Å². The third kappa shape index (κ3) is 5.56. The molecule has 3 heterocycles. The molecule has 0 bridgehead atoms. The van der Waals surface area contributed by atoms with Crippen LogP contribution in [0.1, 0.15) is 52.5 Å². The first-order chi connectivity index (χ1) is 13.7. The van der Waals surface area contributed by atoms with Crippen LogP contribution in [0.15, 0.2) is 28.7 Å². The zero-order valence-electron chi connectivity index (χ0n) is 17.2. The quantitative estimate of drug-likeness (QED) is 0.711. The molecule has 2 aliphatic heterocycles. The van der Waals surface area contributed by atoms with Gasteiger partial charge in [0.15, 0.2) is 5.66 Å². The Balaban J connectivity index is 1.59. The molecule has 1 aromatic heterocycles. The van der Waals surface area contributed by atoms with E-state index < -0.39 is 17.4 Å². The first kappa shape index (κ1) is 20.8. The molecular weight excluding hydrogens is 372 g/mol. The van der Waals surface area contributed by atoms with Crippen molar-refractivity contribution in [3.63, 3.8) is 0 Å². The van der Waals surface area contributed by atoms with Crippen LogP contribution in [-0.4, -0.2) is 57.1 Å². The van der Waals surface area contributed by atoms with Crippen molar-refractivity contribution in [1.29, 1.82) is 0 Å². The van der Waals surface area contributed by atoms with E-state index in [2.05, 4.69) is 26.6 Å². The van der Waals surface area contributed by atoms with E-state index in [1.165, 1.54) is 0 Å². The van der Waals surface area contributed by atoms with Crippen molar-refractivity contribution >= 4 is 12.0 Å². The summed E-state index contributed by atoms with van der Waals surface area (Å²) in [4.78, 5) is 26.7. The van der Waals surface area contributed by atoms with E-state index in [4.69, 9.17) is 11.2 Å². The molecule has 0 aliphatic carbocycles. The Kier molecular flexibility index (Phi) is 5.91. The molecule has 2 aliphatic rings. The number of terminal acetylenes is 1. The Morgan fingerprint density at radius 1 is 1.31 bits per heavy atom. The van der Waals surface area contributed by atoms with Gasteiger partial charge in [-0.05, 0) is 26.8 Å². The molecule has 0 unspecified atom stereocenters. The summed E-state index contributed by atoms with van der Waals surface area (Å²) < 4.78 is 7.26. The number of carbonyl (C=O) groups excluding carboxylic acids is 2. The van der Waals surface area contributed by atoms with Crippen molar-refractivity contribution in [3.05, 3.63) is 18.5 Å². The summed E-state index contributed by atoms with van der Waals surface area (Å²) in [5, 5.41) is 15.5. The molecule has 0 radical (unpaired) electrons. The maximum atomic E-state index is 12.6. The standard InChI is InChI=1S/C20H28N6O3/c1-5-6-9-20(23-24-20)10-8-17(27)22-15-13-25(18(28)29-19(2,3)4)14-16(15)26-12-7-11-21-26/h1,7,11-12,15-16H,6,8-10,13-14H2,2-4H3,(H,22,27)/t15-,16+/m1/s1. The number of rotatable bonds is 7. The van der Waals surface area contributed by atoms with E-state index in [0.29, 0.717) is 38.8 Å². The summed E-state index contributed by atoms with van der Waals surface area (Å²) in [5.74, 6) is 2.48. The van der Waals surface area contributed by atoms with Crippen LogP contribution in [0.5, 0.6) is 0 Å². The van der Waals surface area contributed by atoms with Crippen LogP contribution in [0.3, 0.4) is 0 Å². The summed E-state index contributed by atoms with van der Waals surface area (Å²) in [5.41, 5.74) is -1.06. The van der Waals surface area contributed by atoms with Crippen molar-refractivity contribution in [3.8, 4) is 12.3 Å². The fourth-order valence-corrected chi connectivity index (χ4v) is 3.41. The Morgan fingerprint density at radius 3 is 2.66 bits per heavy atom. The summed E-state index contributed by atoms with van der Waals surface area (Å²) in [7, 11) is 0. The molecular formula is C20H28N6O3. The largest absolute Gasteiger partial charge is 0.444 e. The minimum absolute atomic E-state index is 0.101. The minimum atomic E-state index is -0.580. The first-order valence-corrected chi connectivity index (χ1v) is 9.85. The van der Waals surface area contributed by atoms with Crippen LogP contribution in [0, 0.1) is 12.3 Å². The second kappa shape index (κ2) is 8.23. The number of nitrogens with one attached hydrogen (secondary N) is 1. The Hall–Kier alpha value is -2.89. The van der Waals surface area contributed by atoms with E-state index in [-0.39, 0.29) is 18.0 Å². The molecule has 0 spiro atoms. The lowest BCUT2D eigenvalue weighted by Gasteiger charge is -2.24. The molecule has 9 heteroatoms. The molecule has 1 N–H and O–H groups in total. The molecule has 2 atom stereocenters. The van der Waals surface area contributed by atoms with Crippen LogP contribution in [-0.2, 0) is 9.53 Å². The fourth-order valence-electron chi connectivity index (χ4n) is 3.41. The topological polar surface area (TPSA) is 101 Å². The number of ether oxygens (including phenoxy) is 1. The highest BCUT2D eigenvalue weighted by molar-refractivity contribution is 5.77. The maximum Gasteiger partial charge on any atom is 0.410 e. The zero-order valence-corrected chi connectivity index (χ0v) is 17.2. The van der Waals surface area contributed by atoms with Gasteiger partial charge in [0, 0.05) is 51.2 Å². The predicted octanol–water partition coefficient (Wildman–Crippen LogP) is 2.52. The van der Waals surface area contributed by atoms with Gasteiger partial charge >= 0.3 is 6.09 Å². The van der Waals surface area contributed by atoms with Crippen LogP contribution >= 0.6 is 0 Å². The van der Waals surface area contributed by atoms with Crippen LogP contribution in [0.25, 0.3) is 0 Å². The monoisotopic (exact) mass is 400 g/mol. The zero-order chi connectivity index (χ0) is 21.1. The van der Waals surface area contributed by atoms with Gasteiger partial charge in [0.05, 0.1) is 12.1 Å². The molecule has 1 saturated heterocycles. The van der Waals surface area contributed by atoms with Gasteiger partial charge in [-0.1, -0.05) is 0 Å². The van der Waals surface area contributed by atoms with Gasteiger partial charge in [0.2, 0.25) is 5.91 Å². The van der Waals surface area contributed by atoms with E-state index >= 15 is 0 Å². The Bertz CT molecular complexity index is 799. The summed E-state index contributed by atoms with van der Waals surface area (Å²) in [6, 6.07) is 1.40. The molecule has 0 saturated carbocycles. The van der Waals surface area contributed by atoms with Crippen LogP contribution in [0.4, 0.5) is 4.79 Å². The molecule has 156 valence electrons. The Morgan fingerprint density at radius 2 is 2.07 bits per heavy atom. The van der Waals surface area contributed by atoms with Crippen molar-refractivity contribution in [2.24, 2.45) is 10.2 Å². The van der Waals surface area contributed by atoms with E-state index in [1.807, 2.05) is 33.0 Å². The van der Waals surface area contributed by atoms with Crippen LogP contribution in [0.2, 0.25) is 0 Å². The summed E-state index contributed by atoms with van der Waals surface area (Å²) in [6.07, 6.45) is 10.5. The SMILES string of the molecule is C#CCCC1(CCC(=O)N[C@@H]2CN(C(=O)OC(C)(C)C)C[C@@H]2n2cccn2)N=N1. The number of hydrogen-bond donors (Lipinski definition) is 1. The second-order valence-electron chi connectivity index (χ2n) is 8.50. The van der Waals surface area contributed by atoms with Crippen LogP contribution < -0.4 is 5.32 Å². The molecule has 1 aromatic rings. The van der Waals surface area contributed by atoms with E-state index in [1.54, 1.807) is 15.8 Å². The minimum Gasteiger partial charge on any atom is -0.444 e. The first-order valence-electron chi connectivity index (χ1n) is 9.85. The highest BCUT2D eigenvalue weighted by Gasteiger charge is 2.41. The van der Waals surface area contributed by atoms with Gasteiger partial charge in [0.1, 0.15) is 5.60 Å². The number of amides is 2. The average Bonchev–Trinajstić information content (AvgIpc) is 3.04. The third-order valence-electron chi connectivity index (χ3n) is 4.96. The Labute approximate surface area is 170 Å². The van der Waals surface area contributed by atoms with Gasteiger partial charge in [-0.3, -0.25) is 9.48 Å². The van der Waals surface area contributed by atoms with Crippen molar-refractivity contribution < 1.29 is 14.3 Å². The predicted molar refractivity (Wildman–Crippen MR) is 106 cm³/mol. The van der Waals surface area contributed by atoms with Gasteiger partial charge in [-0.2, -0.15) is 15.3 Å². The number of likely N-dealkylation sites (tertiary alicyclic amines) is 1. The normalized spacial score (nSPS) is 22.2. The smallest absolute Gasteiger partial charge is 0.410 e. The van der Waals surface area contributed by atoms with Gasteiger partial charge in [-0.15, -0.1) is 12.3 Å².